The van der Waals surface area contributed by atoms with Gasteiger partial charge in [0.05, 0.1) is 4.90 Å². The third-order valence-electron chi connectivity index (χ3n) is 4.28. The maximum atomic E-state index is 12.7. The van der Waals surface area contributed by atoms with Crippen molar-refractivity contribution in [3.05, 3.63) is 64.2 Å². The molecule has 3 rings (SSSR count). The Morgan fingerprint density at radius 2 is 1.96 bits per heavy atom. The van der Waals surface area contributed by atoms with Gasteiger partial charge in [-0.3, -0.25) is 4.79 Å². The maximum Gasteiger partial charge on any atom is 0.253 e. The van der Waals surface area contributed by atoms with Gasteiger partial charge in [-0.1, -0.05) is 23.7 Å². The Hall–Kier alpha value is -1.89. The fraction of sp³-hybridized carbons (Fsp3) is 0.278. The van der Waals surface area contributed by atoms with Gasteiger partial charge in [0.2, 0.25) is 10.0 Å². The van der Waals surface area contributed by atoms with E-state index < -0.39 is 10.0 Å². The van der Waals surface area contributed by atoms with Crippen molar-refractivity contribution < 1.29 is 13.2 Å². The molecule has 1 N–H and O–H groups in total. The van der Waals surface area contributed by atoms with Crippen LogP contribution in [0.3, 0.4) is 0 Å². The van der Waals surface area contributed by atoms with Crippen LogP contribution >= 0.6 is 11.6 Å². The van der Waals surface area contributed by atoms with E-state index in [2.05, 4.69) is 4.72 Å². The van der Waals surface area contributed by atoms with E-state index in [9.17, 15) is 13.2 Å². The molecule has 7 heteroatoms. The highest BCUT2D eigenvalue weighted by atomic mass is 35.5. The van der Waals surface area contributed by atoms with E-state index >= 15 is 0 Å². The van der Waals surface area contributed by atoms with Crippen molar-refractivity contribution in [3.8, 4) is 0 Å². The van der Waals surface area contributed by atoms with Crippen molar-refractivity contribution >= 4 is 27.5 Å². The molecule has 2 aromatic carbocycles. The van der Waals surface area contributed by atoms with Crippen LogP contribution in [0, 0.1) is 0 Å². The number of aryl methyl sites for hydroxylation is 1. The average Bonchev–Trinajstić information content (AvgIpc) is 2.95. The number of hydrogen-bond acceptors (Lipinski definition) is 3. The Morgan fingerprint density at radius 3 is 2.68 bits per heavy atom. The Morgan fingerprint density at radius 1 is 1.20 bits per heavy atom. The van der Waals surface area contributed by atoms with Gasteiger partial charge in [-0.2, -0.15) is 0 Å². The van der Waals surface area contributed by atoms with E-state index in [1.54, 1.807) is 32.3 Å². The molecule has 0 saturated carbocycles. The molecule has 0 spiro atoms. The first-order valence-corrected chi connectivity index (χ1v) is 9.76. The topological polar surface area (TPSA) is 66.5 Å². The van der Waals surface area contributed by atoms with Gasteiger partial charge in [0.1, 0.15) is 0 Å². The van der Waals surface area contributed by atoms with E-state index in [1.807, 2.05) is 12.1 Å². The summed E-state index contributed by atoms with van der Waals surface area (Å²) in [7, 11) is -0.477. The number of hydrogen-bond donors (Lipinski definition) is 1. The molecule has 1 atom stereocenters. The Kier molecular flexibility index (Phi) is 4.86. The summed E-state index contributed by atoms with van der Waals surface area (Å²) >= 11 is 6.00. The molecular formula is C18H19ClN2O3S. The number of sulfonamides is 1. The van der Waals surface area contributed by atoms with Gasteiger partial charge < -0.3 is 4.90 Å². The van der Waals surface area contributed by atoms with Crippen molar-refractivity contribution in [3.63, 3.8) is 0 Å². The Labute approximate surface area is 152 Å². The van der Waals surface area contributed by atoms with Crippen LogP contribution < -0.4 is 4.72 Å². The molecule has 0 fully saturated rings. The summed E-state index contributed by atoms with van der Waals surface area (Å²) in [6, 6.07) is 11.3. The van der Waals surface area contributed by atoms with Crippen LogP contribution in [0.1, 0.15) is 33.9 Å². The summed E-state index contributed by atoms with van der Waals surface area (Å²) in [4.78, 5) is 13.6. The van der Waals surface area contributed by atoms with Gasteiger partial charge in [-0.15, -0.1) is 0 Å². The second-order valence-corrected chi connectivity index (χ2v) is 8.43. The summed E-state index contributed by atoms with van der Waals surface area (Å²) in [5.41, 5.74) is 2.36. The van der Waals surface area contributed by atoms with Crippen molar-refractivity contribution in [2.24, 2.45) is 0 Å². The largest absolute Gasteiger partial charge is 0.345 e. The van der Waals surface area contributed by atoms with E-state index in [0.29, 0.717) is 17.0 Å². The Balaban J connectivity index is 1.87. The number of benzene rings is 2. The highest BCUT2D eigenvalue weighted by molar-refractivity contribution is 7.89. The molecule has 0 unspecified atom stereocenters. The molecule has 0 radical (unpaired) electrons. The fourth-order valence-corrected chi connectivity index (χ4v) is 4.51. The second kappa shape index (κ2) is 6.78. The molecular weight excluding hydrogens is 360 g/mol. The van der Waals surface area contributed by atoms with Crippen molar-refractivity contribution in [2.45, 2.75) is 23.8 Å². The zero-order valence-corrected chi connectivity index (χ0v) is 15.6. The molecule has 25 heavy (non-hydrogen) atoms. The molecule has 132 valence electrons. The SMILES string of the molecule is CN(C)C(=O)c1cccc(S(=O)(=O)N[C@H]2CCc3cc(Cl)ccc32)c1. The standard InChI is InChI=1S/C18H19ClN2O3S/c1-21(2)18(22)13-4-3-5-15(11-13)25(23,24)20-17-9-6-12-10-14(19)7-8-16(12)17/h3-5,7-8,10-11,17,20H,6,9H2,1-2H3/t17-/m0/s1. The van der Waals surface area contributed by atoms with E-state index in [-0.39, 0.29) is 16.8 Å². The molecule has 5 nitrogen and oxygen atoms in total. The van der Waals surface area contributed by atoms with Gasteiger partial charge in [0, 0.05) is 30.7 Å². The van der Waals surface area contributed by atoms with Crippen molar-refractivity contribution in [1.82, 2.24) is 9.62 Å². The zero-order valence-electron chi connectivity index (χ0n) is 14.0. The van der Waals surface area contributed by atoms with Crippen LogP contribution in [0.25, 0.3) is 0 Å². The van der Waals surface area contributed by atoms with Crippen LogP contribution in [0.2, 0.25) is 5.02 Å². The lowest BCUT2D eigenvalue weighted by atomic mass is 10.1. The number of carbonyl (C=O) groups is 1. The molecule has 1 amide bonds. The number of halogens is 1. The van der Waals surface area contributed by atoms with Gasteiger partial charge in [0.15, 0.2) is 0 Å². The first-order chi connectivity index (χ1) is 11.8. The van der Waals surface area contributed by atoms with Crippen LogP contribution in [0.4, 0.5) is 0 Å². The second-order valence-electron chi connectivity index (χ2n) is 6.28. The minimum Gasteiger partial charge on any atom is -0.345 e. The van der Waals surface area contributed by atoms with Gasteiger partial charge >= 0.3 is 0 Å². The summed E-state index contributed by atoms with van der Waals surface area (Å²) < 4.78 is 28.2. The van der Waals surface area contributed by atoms with Crippen molar-refractivity contribution in [2.75, 3.05) is 14.1 Å². The number of fused-ring (bicyclic) bond motifs is 1. The Bertz CT molecular complexity index is 926. The number of nitrogens with zero attached hydrogens (tertiary/aromatic N) is 1. The average molecular weight is 379 g/mol. The first kappa shape index (κ1) is 17.9. The highest BCUT2D eigenvalue weighted by Crippen LogP contribution is 2.34. The molecule has 0 bridgehead atoms. The third-order valence-corrected chi connectivity index (χ3v) is 5.98. The van der Waals surface area contributed by atoms with Crippen LogP contribution in [-0.2, 0) is 16.4 Å². The molecule has 1 aliphatic carbocycles. The normalized spacial score (nSPS) is 16.5. The van der Waals surface area contributed by atoms with Gasteiger partial charge in [-0.25, -0.2) is 13.1 Å². The highest BCUT2D eigenvalue weighted by Gasteiger charge is 2.28. The number of nitrogens with one attached hydrogen (secondary N) is 1. The van der Waals surface area contributed by atoms with E-state index in [1.165, 1.54) is 17.0 Å². The minimum absolute atomic E-state index is 0.0858. The molecule has 0 saturated heterocycles. The molecule has 2 aromatic rings. The number of carbonyl (C=O) groups excluding carboxylic acids is 1. The fourth-order valence-electron chi connectivity index (χ4n) is 3.02. The van der Waals surface area contributed by atoms with Crippen molar-refractivity contribution in [1.29, 1.82) is 0 Å². The quantitative estimate of drug-likeness (QED) is 0.889. The first-order valence-electron chi connectivity index (χ1n) is 7.90. The minimum atomic E-state index is -3.73. The van der Waals surface area contributed by atoms with Gasteiger partial charge in [-0.05, 0) is 54.3 Å². The third kappa shape index (κ3) is 3.71. The number of amides is 1. The summed E-state index contributed by atoms with van der Waals surface area (Å²) in [6.45, 7) is 0. The van der Waals surface area contributed by atoms with Crippen LogP contribution in [-0.4, -0.2) is 33.3 Å². The predicted octanol–water partition coefficient (Wildman–Crippen LogP) is 3.01. The number of rotatable bonds is 4. The summed E-state index contributed by atoms with van der Waals surface area (Å²) in [5.74, 6) is -0.238. The smallest absolute Gasteiger partial charge is 0.253 e. The monoisotopic (exact) mass is 378 g/mol. The lowest BCUT2D eigenvalue weighted by Gasteiger charge is -2.16. The maximum absolute atomic E-state index is 12.7. The molecule has 0 aromatic heterocycles. The van der Waals surface area contributed by atoms with Crippen LogP contribution in [0.15, 0.2) is 47.4 Å². The van der Waals surface area contributed by atoms with E-state index in [0.717, 1.165) is 17.5 Å². The zero-order chi connectivity index (χ0) is 18.2. The summed E-state index contributed by atoms with van der Waals surface area (Å²) in [5, 5.41) is 0.650. The lowest BCUT2D eigenvalue weighted by molar-refractivity contribution is 0.0827. The van der Waals surface area contributed by atoms with E-state index in [4.69, 9.17) is 11.6 Å². The van der Waals surface area contributed by atoms with Gasteiger partial charge in [0.25, 0.3) is 5.91 Å². The van der Waals surface area contributed by atoms with Crippen LogP contribution in [0.5, 0.6) is 0 Å². The molecule has 1 aliphatic rings. The molecule has 0 heterocycles. The predicted molar refractivity (Wildman–Crippen MR) is 97.3 cm³/mol. The summed E-state index contributed by atoms with van der Waals surface area (Å²) in [6.07, 6.45) is 1.47. The lowest BCUT2D eigenvalue weighted by Crippen LogP contribution is -2.28. The molecule has 0 aliphatic heterocycles.